The van der Waals surface area contributed by atoms with Gasteiger partial charge < -0.3 is 4.57 Å². The van der Waals surface area contributed by atoms with Crippen LogP contribution in [-0.4, -0.2) is 16.0 Å². The summed E-state index contributed by atoms with van der Waals surface area (Å²) in [7, 11) is 0. The lowest BCUT2D eigenvalue weighted by atomic mass is 9.96. The minimum absolute atomic E-state index is 0.314. The van der Waals surface area contributed by atoms with Gasteiger partial charge in [-0.3, -0.25) is 4.90 Å². The van der Waals surface area contributed by atoms with Crippen molar-refractivity contribution < 1.29 is 0 Å². The van der Waals surface area contributed by atoms with E-state index in [2.05, 4.69) is 96.2 Å². The molecule has 1 atom stereocenters. The third-order valence-electron chi connectivity index (χ3n) is 5.50. The molecule has 1 aliphatic heterocycles. The maximum absolute atomic E-state index is 2.64. The lowest BCUT2D eigenvalue weighted by molar-refractivity contribution is 0.220. The first-order valence-electron chi connectivity index (χ1n) is 9.75. The van der Waals surface area contributed by atoms with Crippen molar-refractivity contribution in [1.29, 1.82) is 0 Å². The summed E-state index contributed by atoms with van der Waals surface area (Å²) in [5, 5.41) is 0. The summed E-state index contributed by atoms with van der Waals surface area (Å²) in [6.45, 7) is 7.73. The van der Waals surface area contributed by atoms with Gasteiger partial charge in [-0.05, 0) is 41.2 Å². The molecule has 0 N–H and O–H groups in total. The van der Waals surface area contributed by atoms with E-state index >= 15 is 0 Å². The molecule has 3 aromatic rings. The molecule has 0 bridgehead atoms. The molecule has 0 fully saturated rings. The molecule has 2 heterocycles. The first kappa shape index (κ1) is 17.1. The van der Waals surface area contributed by atoms with Crippen LogP contribution in [-0.2, 0) is 13.1 Å². The molecule has 1 aromatic heterocycles. The molecule has 0 amide bonds. The number of aryl methyl sites for hydroxylation is 1. The van der Waals surface area contributed by atoms with E-state index in [1.807, 2.05) is 0 Å². The normalized spacial score (nSPS) is 17.9. The zero-order valence-electron chi connectivity index (χ0n) is 15.8. The molecule has 2 aromatic carbocycles. The van der Waals surface area contributed by atoms with E-state index in [9.17, 15) is 0 Å². The lowest BCUT2D eigenvalue weighted by Crippen LogP contribution is -2.29. The fraction of sp³-hybridized carbons (Fsp3) is 0.333. The second kappa shape index (κ2) is 7.51. The Morgan fingerprint density at radius 2 is 1.65 bits per heavy atom. The van der Waals surface area contributed by atoms with Gasteiger partial charge in [-0.1, -0.05) is 68.4 Å². The summed E-state index contributed by atoms with van der Waals surface area (Å²) < 4.78 is 2.44. The predicted octanol–water partition coefficient (Wildman–Crippen LogP) is 5.61. The maximum Gasteiger partial charge on any atom is 0.0759 e. The Kier molecular flexibility index (Phi) is 4.94. The topological polar surface area (TPSA) is 8.17 Å². The zero-order chi connectivity index (χ0) is 17.9. The van der Waals surface area contributed by atoms with Crippen molar-refractivity contribution in [2.45, 2.75) is 45.3 Å². The molecule has 1 aliphatic rings. The van der Waals surface area contributed by atoms with Gasteiger partial charge >= 0.3 is 0 Å². The largest absolute Gasteiger partial charge is 0.350 e. The number of hydrogen-bond acceptors (Lipinski definition) is 1. The molecule has 2 heteroatoms. The van der Waals surface area contributed by atoms with Gasteiger partial charge in [0.05, 0.1) is 6.04 Å². The second-order valence-corrected chi connectivity index (χ2v) is 7.66. The van der Waals surface area contributed by atoms with Crippen LogP contribution in [0.2, 0.25) is 0 Å². The van der Waals surface area contributed by atoms with Gasteiger partial charge in [-0.2, -0.15) is 0 Å². The molecule has 0 radical (unpaired) electrons. The average molecular weight is 345 g/mol. The van der Waals surface area contributed by atoms with Gasteiger partial charge in [0.2, 0.25) is 0 Å². The minimum atomic E-state index is 0.314. The van der Waals surface area contributed by atoms with Gasteiger partial charge in [0.1, 0.15) is 0 Å². The number of benzene rings is 2. The molecule has 2 nitrogen and oxygen atoms in total. The maximum atomic E-state index is 2.64. The van der Waals surface area contributed by atoms with E-state index in [0.717, 1.165) is 19.6 Å². The predicted molar refractivity (Wildman–Crippen MR) is 108 cm³/mol. The average Bonchev–Trinajstić information content (AvgIpc) is 3.04. The summed E-state index contributed by atoms with van der Waals surface area (Å²) in [6, 6.07) is 24.9. The molecule has 26 heavy (non-hydrogen) atoms. The van der Waals surface area contributed by atoms with E-state index in [4.69, 9.17) is 0 Å². The monoisotopic (exact) mass is 344 g/mol. The van der Waals surface area contributed by atoms with Crippen LogP contribution in [0, 0.1) is 0 Å². The third-order valence-corrected chi connectivity index (χ3v) is 5.50. The zero-order valence-corrected chi connectivity index (χ0v) is 15.8. The molecule has 0 saturated carbocycles. The van der Waals surface area contributed by atoms with Crippen molar-refractivity contribution >= 4 is 0 Å². The van der Waals surface area contributed by atoms with Gasteiger partial charge in [-0.15, -0.1) is 0 Å². The smallest absolute Gasteiger partial charge is 0.0759 e. The standard InChI is InChI=1S/C24H28N2/c1-19(2)21-11-13-22(14-12-21)24-23-10-6-15-25(23)16-7-17-26(24)18-20-8-4-3-5-9-20/h3-6,8-15,19,24H,7,16-18H2,1-2H3/t24-/m1/s1. The second-order valence-electron chi connectivity index (χ2n) is 7.66. The molecule has 0 unspecified atom stereocenters. The first-order valence-corrected chi connectivity index (χ1v) is 9.75. The summed E-state index contributed by atoms with van der Waals surface area (Å²) in [5.41, 5.74) is 5.60. The Morgan fingerprint density at radius 3 is 2.38 bits per heavy atom. The van der Waals surface area contributed by atoms with Gasteiger partial charge in [0, 0.05) is 31.5 Å². The van der Waals surface area contributed by atoms with Gasteiger partial charge in [0.25, 0.3) is 0 Å². The molecule has 0 aliphatic carbocycles. The van der Waals surface area contributed by atoms with Crippen molar-refractivity contribution in [2.24, 2.45) is 0 Å². The number of hydrogen-bond donors (Lipinski definition) is 0. The fourth-order valence-corrected chi connectivity index (χ4v) is 4.07. The summed E-state index contributed by atoms with van der Waals surface area (Å²) in [5.74, 6) is 0.572. The van der Waals surface area contributed by atoms with Crippen LogP contribution < -0.4 is 0 Å². The summed E-state index contributed by atoms with van der Waals surface area (Å²) in [4.78, 5) is 2.64. The third kappa shape index (κ3) is 3.47. The Bertz CT molecular complexity index is 830. The van der Waals surface area contributed by atoms with Crippen LogP contribution in [0.4, 0.5) is 0 Å². The fourth-order valence-electron chi connectivity index (χ4n) is 4.07. The highest BCUT2D eigenvalue weighted by Gasteiger charge is 2.27. The first-order chi connectivity index (χ1) is 12.7. The molecular weight excluding hydrogens is 316 g/mol. The Labute approximate surface area is 157 Å². The number of nitrogens with zero attached hydrogens (tertiary/aromatic N) is 2. The van der Waals surface area contributed by atoms with Crippen molar-refractivity contribution in [1.82, 2.24) is 9.47 Å². The van der Waals surface area contributed by atoms with Gasteiger partial charge in [0.15, 0.2) is 0 Å². The van der Waals surface area contributed by atoms with Crippen molar-refractivity contribution in [2.75, 3.05) is 6.54 Å². The minimum Gasteiger partial charge on any atom is -0.350 e. The van der Waals surface area contributed by atoms with Crippen LogP contribution in [0.25, 0.3) is 0 Å². The van der Waals surface area contributed by atoms with Crippen molar-refractivity contribution in [3.05, 3.63) is 95.3 Å². The van der Waals surface area contributed by atoms with E-state index < -0.39 is 0 Å². The van der Waals surface area contributed by atoms with Crippen LogP contribution >= 0.6 is 0 Å². The molecule has 4 rings (SSSR count). The Morgan fingerprint density at radius 1 is 0.885 bits per heavy atom. The van der Waals surface area contributed by atoms with Crippen LogP contribution in [0.1, 0.15) is 54.6 Å². The van der Waals surface area contributed by atoms with E-state index in [1.54, 1.807) is 0 Å². The highest BCUT2D eigenvalue weighted by atomic mass is 15.2. The number of rotatable bonds is 4. The Hall–Kier alpha value is -2.32. The molecule has 134 valence electrons. The van der Waals surface area contributed by atoms with Crippen LogP contribution in [0.15, 0.2) is 72.9 Å². The van der Waals surface area contributed by atoms with Crippen molar-refractivity contribution in [3.8, 4) is 0 Å². The van der Waals surface area contributed by atoms with Crippen molar-refractivity contribution in [3.63, 3.8) is 0 Å². The van der Waals surface area contributed by atoms with Crippen LogP contribution in [0.3, 0.4) is 0 Å². The van der Waals surface area contributed by atoms with E-state index in [-0.39, 0.29) is 0 Å². The molecule has 0 spiro atoms. The Balaban J connectivity index is 1.72. The number of fused-ring (bicyclic) bond motifs is 1. The van der Waals surface area contributed by atoms with E-state index in [1.165, 1.54) is 28.8 Å². The summed E-state index contributed by atoms with van der Waals surface area (Å²) in [6.07, 6.45) is 3.42. The van der Waals surface area contributed by atoms with Crippen LogP contribution in [0.5, 0.6) is 0 Å². The molecular formula is C24H28N2. The molecule has 0 saturated heterocycles. The lowest BCUT2D eigenvalue weighted by Gasteiger charge is -2.31. The SMILES string of the molecule is CC(C)c1ccc([C@@H]2c3cccn3CCCN2Cc2ccccc2)cc1. The summed E-state index contributed by atoms with van der Waals surface area (Å²) >= 11 is 0. The highest BCUT2D eigenvalue weighted by Crippen LogP contribution is 2.33. The van der Waals surface area contributed by atoms with E-state index in [0.29, 0.717) is 12.0 Å². The van der Waals surface area contributed by atoms with Gasteiger partial charge in [-0.25, -0.2) is 0 Å². The highest BCUT2D eigenvalue weighted by molar-refractivity contribution is 5.33. The number of aromatic nitrogens is 1. The quantitative estimate of drug-likeness (QED) is 0.597.